The minimum absolute atomic E-state index is 0.0703. The quantitative estimate of drug-likeness (QED) is 0.646. The van der Waals surface area contributed by atoms with Gasteiger partial charge < -0.3 is 16.2 Å². The van der Waals surface area contributed by atoms with Crippen LogP contribution < -0.4 is 11.1 Å². The van der Waals surface area contributed by atoms with Crippen molar-refractivity contribution in [3.8, 4) is 0 Å². The number of amides is 1. The van der Waals surface area contributed by atoms with Gasteiger partial charge in [0.15, 0.2) is 0 Å². The molecule has 0 aromatic carbocycles. The third-order valence-corrected chi connectivity index (χ3v) is 3.28. The Morgan fingerprint density at radius 1 is 1.50 bits per heavy atom. The van der Waals surface area contributed by atoms with Gasteiger partial charge in [-0.15, -0.1) is 0 Å². The fourth-order valence-electron chi connectivity index (χ4n) is 2.35. The van der Waals surface area contributed by atoms with E-state index in [0.717, 1.165) is 19.3 Å². The highest BCUT2D eigenvalue weighted by molar-refractivity contribution is 5.81. The highest BCUT2D eigenvalue weighted by Crippen LogP contribution is 2.25. The minimum atomic E-state index is -0.417. The summed E-state index contributed by atoms with van der Waals surface area (Å²) in [4.78, 5) is 11.8. The fraction of sp³-hybridized carbons (Fsp3) is 0.917. The van der Waals surface area contributed by atoms with E-state index in [2.05, 4.69) is 19.2 Å². The number of aliphatic hydroxyl groups excluding tert-OH is 1. The lowest BCUT2D eigenvalue weighted by Gasteiger charge is -2.22. The molecule has 0 aromatic rings. The van der Waals surface area contributed by atoms with E-state index in [-0.39, 0.29) is 24.5 Å². The third kappa shape index (κ3) is 3.76. The van der Waals surface area contributed by atoms with Gasteiger partial charge in [-0.2, -0.15) is 0 Å². The Hall–Kier alpha value is -0.610. The van der Waals surface area contributed by atoms with Crippen LogP contribution in [0.2, 0.25) is 0 Å². The van der Waals surface area contributed by atoms with Crippen LogP contribution in [0, 0.1) is 11.8 Å². The normalized spacial score (nSPS) is 27.1. The second-order valence-corrected chi connectivity index (χ2v) is 5.22. The molecule has 4 nitrogen and oxygen atoms in total. The number of aliphatic hydroxyl groups is 1. The fourth-order valence-corrected chi connectivity index (χ4v) is 2.35. The van der Waals surface area contributed by atoms with Gasteiger partial charge in [0.25, 0.3) is 0 Å². The summed E-state index contributed by atoms with van der Waals surface area (Å²) in [5.41, 5.74) is 5.81. The van der Waals surface area contributed by atoms with Gasteiger partial charge in [0.1, 0.15) is 0 Å². The summed E-state index contributed by atoms with van der Waals surface area (Å²) in [6, 6.07) is -0.296. The van der Waals surface area contributed by atoms with E-state index in [9.17, 15) is 4.79 Å². The maximum Gasteiger partial charge on any atom is 0.237 e. The van der Waals surface area contributed by atoms with Crippen molar-refractivity contribution in [1.82, 2.24) is 5.32 Å². The van der Waals surface area contributed by atoms with Crippen LogP contribution in [0.25, 0.3) is 0 Å². The lowest BCUT2D eigenvalue weighted by molar-refractivity contribution is -0.123. The first-order chi connectivity index (χ1) is 7.54. The molecule has 0 saturated heterocycles. The predicted octanol–water partition coefficient (Wildman–Crippen LogP) is 0.637. The Bertz CT molecular complexity index is 231. The van der Waals surface area contributed by atoms with Crippen molar-refractivity contribution in [3.05, 3.63) is 0 Å². The molecule has 0 spiro atoms. The topological polar surface area (TPSA) is 75.4 Å². The second kappa shape index (κ2) is 6.21. The molecular formula is C12H24N2O2. The molecule has 4 N–H and O–H groups in total. The summed E-state index contributed by atoms with van der Waals surface area (Å²) in [6.45, 7) is 4.27. The molecule has 0 radical (unpaired) electrons. The van der Waals surface area contributed by atoms with E-state index in [4.69, 9.17) is 10.8 Å². The van der Waals surface area contributed by atoms with E-state index in [1.807, 2.05) is 0 Å². The molecule has 1 aliphatic carbocycles. The number of hydrogen-bond donors (Lipinski definition) is 3. The summed E-state index contributed by atoms with van der Waals surface area (Å²) >= 11 is 0. The molecule has 1 saturated carbocycles. The molecule has 0 heterocycles. The molecule has 0 aliphatic heterocycles. The molecule has 2 unspecified atom stereocenters. The number of hydrogen-bond acceptors (Lipinski definition) is 3. The van der Waals surface area contributed by atoms with Crippen LogP contribution in [0.3, 0.4) is 0 Å². The second-order valence-electron chi connectivity index (χ2n) is 5.22. The van der Waals surface area contributed by atoms with Gasteiger partial charge in [0.2, 0.25) is 5.91 Å². The smallest absolute Gasteiger partial charge is 0.237 e. The van der Waals surface area contributed by atoms with Crippen molar-refractivity contribution in [2.75, 3.05) is 6.61 Å². The van der Waals surface area contributed by atoms with Crippen molar-refractivity contribution >= 4 is 5.91 Å². The molecule has 0 bridgehead atoms. The molecule has 1 rings (SSSR count). The van der Waals surface area contributed by atoms with Gasteiger partial charge >= 0.3 is 0 Å². The van der Waals surface area contributed by atoms with Gasteiger partial charge in [0, 0.05) is 18.6 Å². The van der Waals surface area contributed by atoms with E-state index < -0.39 is 6.04 Å². The Balaban J connectivity index is 2.38. The summed E-state index contributed by atoms with van der Waals surface area (Å²) in [5.74, 6) is 0.576. The minimum Gasteiger partial charge on any atom is -0.396 e. The monoisotopic (exact) mass is 228 g/mol. The van der Waals surface area contributed by atoms with Crippen molar-refractivity contribution in [1.29, 1.82) is 0 Å². The van der Waals surface area contributed by atoms with E-state index in [1.54, 1.807) is 0 Å². The Morgan fingerprint density at radius 3 is 2.75 bits per heavy atom. The van der Waals surface area contributed by atoms with Crippen LogP contribution in [0.1, 0.15) is 39.5 Å². The molecule has 0 aromatic heterocycles. The average Bonchev–Trinajstić information content (AvgIpc) is 2.64. The van der Waals surface area contributed by atoms with Gasteiger partial charge in [-0.1, -0.05) is 20.3 Å². The zero-order valence-electron chi connectivity index (χ0n) is 10.3. The van der Waals surface area contributed by atoms with Gasteiger partial charge in [-0.25, -0.2) is 0 Å². The summed E-state index contributed by atoms with van der Waals surface area (Å²) < 4.78 is 0. The molecule has 1 amide bonds. The third-order valence-electron chi connectivity index (χ3n) is 3.28. The Labute approximate surface area is 97.6 Å². The van der Waals surface area contributed by atoms with Crippen molar-refractivity contribution < 1.29 is 9.90 Å². The maximum atomic E-state index is 11.8. The van der Waals surface area contributed by atoms with Gasteiger partial charge in [0.05, 0.1) is 6.04 Å². The summed E-state index contributed by atoms with van der Waals surface area (Å²) in [5, 5.41) is 12.1. The van der Waals surface area contributed by atoms with Crippen LogP contribution in [0.5, 0.6) is 0 Å². The Morgan fingerprint density at radius 2 is 2.19 bits per heavy atom. The number of nitrogens with two attached hydrogens (primary N) is 1. The van der Waals surface area contributed by atoms with Crippen LogP contribution in [0.4, 0.5) is 0 Å². The van der Waals surface area contributed by atoms with Gasteiger partial charge in [-0.05, 0) is 25.2 Å². The van der Waals surface area contributed by atoms with Crippen LogP contribution >= 0.6 is 0 Å². The molecule has 1 aliphatic rings. The molecule has 16 heavy (non-hydrogen) atoms. The van der Waals surface area contributed by atoms with Crippen LogP contribution in [-0.2, 0) is 4.79 Å². The van der Waals surface area contributed by atoms with Crippen molar-refractivity contribution in [2.45, 2.75) is 51.6 Å². The molecular weight excluding hydrogens is 204 g/mol. The number of carbonyl (C=O) groups excluding carboxylic acids is 1. The van der Waals surface area contributed by atoms with Crippen molar-refractivity contribution in [3.63, 3.8) is 0 Å². The van der Waals surface area contributed by atoms with Crippen LogP contribution in [0.15, 0.2) is 0 Å². The average molecular weight is 228 g/mol. The lowest BCUT2D eigenvalue weighted by Crippen LogP contribution is -2.47. The standard InChI is InChI=1S/C12H24N2O2/c1-8(2)6-10(13)12(16)14-11-5-3-4-9(11)7-15/h8-11,15H,3-7,13H2,1-2H3,(H,14,16)/t9?,10-,11?/m0/s1. The zero-order valence-corrected chi connectivity index (χ0v) is 10.3. The van der Waals surface area contributed by atoms with Crippen molar-refractivity contribution in [2.24, 2.45) is 17.6 Å². The number of rotatable bonds is 5. The van der Waals surface area contributed by atoms with Crippen LogP contribution in [-0.4, -0.2) is 29.7 Å². The molecule has 3 atom stereocenters. The largest absolute Gasteiger partial charge is 0.396 e. The Kier molecular flexibility index (Phi) is 5.22. The summed E-state index contributed by atoms with van der Waals surface area (Å²) in [7, 11) is 0. The lowest BCUT2D eigenvalue weighted by atomic mass is 10.0. The zero-order chi connectivity index (χ0) is 12.1. The SMILES string of the molecule is CC(C)C[C@H](N)C(=O)NC1CCCC1CO. The van der Waals surface area contributed by atoms with Gasteiger partial charge in [-0.3, -0.25) is 4.79 Å². The van der Waals surface area contributed by atoms with E-state index in [0.29, 0.717) is 12.3 Å². The van der Waals surface area contributed by atoms with E-state index >= 15 is 0 Å². The molecule has 4 heteroatoms. The predicted molar refractivity (Wildman–Crippen MR) is 63.8 cm³/mol. The van der Waals surface area contributed by atoms with E-state index in [1.165, 1.54) is 0 Å². The maximum absolute atomic E-state index is 11.8. The molecule has 1 fully saturated rings. The number of nitrogens with one attached hydrogen (secondary N) is 1. The summed E-state index contributed by atoms with van der Waals surface area (Å²) in [6.07, 6.45) is 3.75. The first-order valence-corrected chi connectivity index (χ1v) is 6.21. The highest BCUT2D eigenvalue weighted by atomic mass is 16.3. The first kappa shape index (κ1) is 13.5. The number of carbonyl (C=O) groups is 1. The highest BCUT2D eigenvalue weighted by Gasteiger charge is 2.29. The first-order valence-electron chi connectivity index (χ1n) is 6.21. The molecule has 94 valence electrons.